The highest BCUT2D eigenvalue weighted by Gasteiger charge is 2.58. The maximum atomic E-state index is 14.2. The standard InChI is InChI=1S/C25H28N2O5/c1-2-3-4-8-27-19-7-5-6-18(26-9-11-29-12-10-26)23(19)25(24(27)28)15-30-20-14-22-21(13-17(20)25)31-16-32-22/h5-7,13-14H,2-4,8-12,15-16H2,1H3. The van der Waals surface area contributed by atoms with E-state index in [0.29, 0.717) is 43.6 Å². The molecule has 1 spiro atoms. The van der Waals surface area contributed by atoms with Crippen LogP contribution in [0.4, 0.5) is 11.4 Å². The lowest BCUT2D eigenvalue weighted by molar-refractivity contribution is -0.122. The van der Waals surface area contributed by atoms with Gasteiger partial charge in [-0.15, -0.1) is 0 Å². The molecule has 0 N–H and O–H groups in total. The van der Waals surface area contributed by atoms with Crippen molar-refractivity contribution in [3.8, 4) is 17.2 Å². The number of carbonyl (C=O) groups excluding carboxylic acids is 1. The Morgan fingerprint density at radius 3 is 2.56 bits per heavy atom. The summed E-state index contributed by atoms with van der Waals surface area (Å²) < 4.78 is 23.0. The van der Waals surface area contributed by atoms with Crippen molar-refractivity contribution in [2.75, 3.05) is 56.0 Å². The molecule has 6 rings (SSSR count). The number of ether oxygens (including phenoxy) is 4. The van der Waals surface area contributed by atoms with Crippen LogP contribution < -0.4 is 24.0 Å². The van der Waals surface area contributed by atoms with Crippen molar-refractivity contribution >= 4 is 17.3 Å². The first-order valence-corrected chi connectivity index (χ1v) is 11.6. The summed E-state index contributed by atoms with van der Waals surface area (Å²) in [6.07, 6.45) is 3.19. The van der Waals surface area contributed by atoms with Gasteiger partial charge < -0.3 is 28.7 Å². The number of nitrogens with zero attached hydrogens (tertiary/aromatic N) is 2. The van der Waals surface area contributed by atoms with Crippen LogP contribution >= 0.6 is 0 Å². The monoisotopic (exact) mass is 436 g/mol. The molecule has 1 unspecified atom stereocenters. The number of rotatable bonds is 5. The van der Waals surface area contributed by atoms with Gasteiger partial charge in [0, 0.05) is 42.5 Å². The van der Waals surface area contributed by atoms with Crippen LogP contribution in [0.15, 0.2) is 30.3 Å². The summed E-state index contributed by atoms with van der Waals surface area (Å²) in [7, 11) is 0. The van der Waals surface area contributed by atoms with Crippen molar-refractivity contribution in [2.45, 2.75) is 31.6 Å². The average Bonchev–Trinajstić information content (AvgIpc) is 3.50. The Morgan fingerprint density at radius 1 is 0.969 bits per heavy atom. The molecule has 4 aliphatic rings. The molecule has 4 aliphatic heterocycles. The molecular formula is C25H28N2O5. The first-order chi connectivity index (χ1) is 15.7. The number of morpholine rings is 1. The molecule has 1 atom stereocenters. The van der Waals surface area contributed by atoms with Gasteiger partial charge in [-0.1, -0.05) is 25.8 Å². The van der Waals surface area contributed by atoms with Gasteiger partial charge in [-0.3, -0.25) is 4.79 Å². The summed E-state index contributed by atoms with van der Waals surface area (Å²) in [5.41, 5.74) is 3.18. The van der Waals surface area contributed by atoms with Crippen LogP contribution in [0.1, 0.15) is 37.3 Å². The fourth-order valence-electron chi connectivity index (χ4n) is 5.47. The first kappa shape index (κ1) is 19.7. The van der Waals surface area contributed by atoms with Crippen molar-refractivity contribution in [2.24, 2.45) is 0 Å². The molecule has 7 heteroatoms. The molecule has 0 bridgehead atoms. The Bertz CT molecular complexity index is 1060. The fourth-order valence-corrected chi connectivity index (χ4v) is 5.47. The zero-order valence-electron chi connectivity index (χ0n) is 18.4. The van der Waals surface area contributed by atoms with Gasteiger partial charge in [-0.05, 0) is 24.6 Å². The topological polar surface area (TPSA) is 60.5 Å². The maximum Gasteiger partial charge on any atom is 0.245 e. The van der Waals surface area contributed by atoms with Crippen molar-refractivity contribution in [1.82, 2.24) is 0 Å². The predicted molar refractivity (Wildman–Crippen MR) is 120 cm³/mol. The number of benzene rings is 2. The van der Waals surface area contributed by atoms with Gasteiger partial charge in [0.25, 0.3) is 0 Å². The summed E-state index contributed by atoms with van der Waals surface area (Å²) in [5, 5.41) is 0. The number of hydrogen-bond donors (Lipinski definition) is 0. The van der Waals surface area contributed by atoms with Crippen molar-refractivity contribution < 1.29 is 23.7 Å². The molecule has 0 aliphatic carbocycles. The van der Waals surface area contributed by atoms with Crippen LogP contribution in [0.3, 0.4) is 0 Å². The molecule has 2 aromatic rings. The van der Waals surface area contributed by atoms with E-state index in [4.69, 9.17) is 18.9 Å². The van der Waals surface area contributed by atoms with E-state index in [0.717, 1.165) is 54.9 Å². The van der Waals surface area contributed by atoms with Gasteiger partial charge in [0.15, 0.2) is 11.5 Å². The first-order valence-electron chi connectivity index (χ1n) is 11.6. The lowest BCUT2D eigenvalue weighted by atomic mass is 9.76. The third-order valence-corrected chi connectivity index (χ3v) is 7.06. The molecule has 2 aromatic carbocycles. The molecule has 0 saturated carbocycles. The minimum absolute atomic E-state index is 0.0990. The Kier molecular flexibility index (Phi) is 4.68. The molecule has 1 amide bonds. The molecule has 0 radical (unpaired) electrons. The highest BCUT2D eigenvalue weighted by atomic mass is 16.7. The number of anilines is 2. The molecule has 0 aromatic heterocycles. The fraction of sp³-hybridized carbons (Fsp3) is 0.480. The second kappa shape index (κ2) is 7.59. The Hall–Kier alpha value is -2.93. The van der Waals surface area contributed by atoms with E-state index in [-0.39, 0.29) is 12.7 Å². The van der Waals surface area contributed by atoms with Crippen molar-refractivity contribution in [3.63, 3.8) is 0 Å². The van der Waals surface area contributed by atoms with E-state index >= 15 is 0 Å². The summed E-state index contributed by atoms with van der Waals surface area (Å²) in [5.74, 6) is 2.16. The Morgan fingerprint density at radius 2 is 1.75 bits per heavy atom. The maximum absolute atomic E-state index is 14.2. The largest absolute Gasteiger partial charge is 0.491 e. The Labute approximate surface area is 187 Å². The van der Waals surface area contributed by atoms with Crippen molar-refractivity contribution in [3.05, 3.63) is 41.5 Å². The zero-order chi connectivity index (χ0) is 21.7. The highest BCUT2D eigenvalue weighted by molar-refractivity contribution is 6.13. The van der Waals surface area contributed by atoms with Gasteiger partial charge >= 0.3 is 0 Å². The van der Waals surface area contributed by atoms with Crippen LogP contribution in [0.5, 0.6) is 17.2 Å². The van der Waals surface area contributed by atoms with Gasteiger partial charge in [0.1, 0.15) is 17.8 Å². The minimum Gasteiger partial charge on any atom is -0.491 e. The predicted octanol–water partition coefficient (Wildman–Crippen LogP) is 3.47. The third kappa shape index (κ3) is 2.73. The van der Waals surface area contributed by atoms with E-state index in [2.05, 4.69) is 30.0 Å². The van der Waals surface area contributed by atoms with E-state index in [1.165, 1.54) is 0 Å². The molecule has 1 fully saturated rings. The van der Waals surface area contributed by atoms with Crippen LogP contribution in [-0.4, -0.2) is 52.2 Å². The van der Waals surface area contributed by atoms with Crippen LogP contribution in [0, 0.1) is 0 Å². The molecular weight excluding hydrogens is 408 g/mol. The lowest BCUT2D eigenvalue weighted by Gasteiger charge is -2.33. The van der Waals surface area contributed by atoms with Gasteiger partial charge in [0.05, 0.1) is 18.9 Å². The van der Waals surface area contributed by atoms with Crippen molar-refractivity contribution in [1.29, 1.82) is 0 Å². The number of hydrogen-bond acceptors (Lipinski definition) is 6. The van der Waals surface area contributed by atoms with Gasteiger partial charge in [0.2, 0.25) is 12.7 Å². The zero-order valence-corrected chi connectivity index (χ0v) is 18.4. The van der Waals surface area contributed by atoms with Gasteiger partial charge in [-0.2, -0.15) is 0 Å². The molecule has 4 heterocycles. The second-order valence-corrected chi connectivity index (χ2v) is 8.83. The highest BCUT2D eigenvalue weighted by Crippen LogP contribution is 2.57. The van der Waals surface area contributed by atoms with Crippen LogP contribution in [0.2, 0.25) is 0 Å². The third-order valence-electron chi connectivity index (χ3n) is 7.06. The minimum atomic E-state index is -0.868. The summed E-state index contributed by atoms with van der Waals surface area (Å²) in [6.45, 7) is 6.39. The number of amides is 1. The number of carbonyl (C=O) groups is 1. The average molecular weight is 437 g/mol. The SMILES string of the molecule is CCCCCN1C(=O)C2(COc3cc4c(cc32)OCO4)c2c(N3CCOCC3)cccc21. The smallest absolute Gasteiger partial charge is 0.245 e. The quantitative estimate of drug-likeness (QED) is 0.669. The number of fused-ring (bicyclic) bond motifs is 5. The molecule has 7 nitrogen and oxygen atoms in total. The summed E-state index contributed by atoms with van der Waals surface area (Å²) in [4.78, 5) is 18.5. The van der Waals surface area contributed by atoms with E-state index in [1.807, 2.05) is 17.0 Å². The van der Waals surface area contributed by atoms with Crippen LogP contribution in [-0.2, 0) is 14.9 Å². The van der Waals surface area contributed by atoms with Crippen LogP contribution in [0.25, 0.3) is 0 Å². The molecule has 168 valence electrons. The van der Waals surface area contributed by atoms with E-state index in [9.17, 15) is 4.79 Å². The summed E-state index contributed by atoms with van der Waals surface area (Å²) >= 11 is 0. The Balaban J connectivity index is 1.53. The molecule has 1 saturated heterocycles. The normalized spacial score (nSPS) is 23.0. The number of unbranched alkanes of at least 4 members (excludes halogenated alkanes) is 2. The summed E-state index contributed by atoms with van der Waals surface area (Å²) in [6, 6.07) is 10.1. The molecule has 32 heavy (non-hydrogen) atoms. The lowest BCUT2D eigenvalue weighted by Crippen LogP contribution is -2.44. The van der Waals surface area contributed by atoms with E-state index < -0.39 is 5.41 Å². The second-order valence-electron chi connectivity index (χ2n) is 8.83. The van der Waals surface area contributed by atoms with E-state index in [1.54, 1.807) is 0 Å². The van der Waals surface area contributed by atoms with Gasteiger partial charge in [-0.25, -0.2) is 0 Å².